The fourth-order valence-corrected chi connectivity index (χ4v) is 3.80. The molecule has 0 aromatic rings. The van der Waals surface area contributed by atoms with Crippen molar-refractivity contribution in [3.8, 4) is 0 Å². The molecule has 6 nitrogen and oxygen atoms in total. The fraction of sp³-hybridized carbons (Fsp3) is 0.947. The monoisotopic (exact) mass is 482 g/mol. The molecule has 3 atom stereocenters. The van der Waals surface area contributed by atoms with E-state index in [1.54, 1.807) is 0 Å². The zero-order valence-electron chi connectivity index (χ0n) is 16.8. The molecule has 0 aromatic carbocycles. The Kier molecular flexibility index (Phi) is 12.8. The third-order valence-corrected chi connectivity index (χ3v) is 4.82. The van der Waals surface area contributed by atoms with Crippen molar-refractivity contribution >= 4 is 29.9 Å². The van der Waals surface area contributed by atoms with Gasteiger partial charge in [-0.25, -0.2) is 0 Å². The molecule has 2 aliphatic rings. The van der Waals surface area contributed by atoms with Crippen LogP contribution in [0.15, 0.2) is 4.99 Å². The number of hydrogen-bond donors (Lipinski definition) is 2. The summed E-state index contributed by atoms with van der Waals surface area (Å²) in [5, 5.41) is 6.80. The maximum Gasteiger partial charge on any atom is 0.191 e. The molecule has 2 fully saturated rings. The second kappa shape index (κ2) is 14.0. The maximum absolute atomic E-state index is 5.78. The molecule has 0 spiro atoms. The van der Waals surface area contributed by atoms with Gasteiger partial charge in [-0.1, -0.05) is 13.8 Å². The number of halogens is 1. The highest BCUT2D eigenvalue weighted by molar-refractivity contribution is 14.0. The van der Waals surface area contributed by atoms with Crippen molar-refractivity contribution in [2.45, 2.75) is 46.1 Å². The SMILES string of the molecule is CCNC(=NCCCOC1CCOC1)NCCN1CC(C)CC(C)C1.I. The molecule has 0 saturated carbocycles. The van der Waals surface area contributed by atoms with E-state index in [1.165, 1.54) is 19.5 Å². The van der Waals surface area contributed by atoms with E-state index in [4.69, 9.17) is 9.47 Å². The Hall–Kier alpha value is -0.120. The van der Waals surface area contributed by atoms with Crippen molar-refractivity contribution < 1.29 is 9.47 Å². The highest BCUT2D eigenvalue weighted by Crippen LogP contribution is 2.20. The van der Waals surface area contributed by atoms with Gasteiger partial charge < -0.3 is 25.0 Å². The molecule has 154 valence electrons. The molecule has 2 heterocycles. The highest BCUT2D eigenvalue weighted by Gasteiger charge is 2.21. The van der Waals surface area contributed by atoms with Gasteiger partial charge in [0.15, 0.2) is 5.96 Å². The molecule has 2 rings (SSSR count). The predicted octanol–water partition coefficient (Wildman–Crippen LogP) is 2.33. The molecular weight excluding hydrogens is 443 g/mol. The van der Waals surface area contributed by atoms with Crippen LogP contribution in [0.1, 0.15) is 40.0 Å². The van der Waals surface area contributed by atoms with Crippen molar-refractivity contribution in [1.29, 1.82) is 0 Å². The number of guanidine groups is 1. The standard InChI is InChI=1S/C19H38N4O2.HI/c1-4-20-19(21-7-5-10-25-18-6-11-24-15-18)22-8-9-23-13-16(2)12-17(3)14-23;/h16-18H,4-15H2,1-3H3,(H2,20,21,22);1H. The molecule has 2 N–H and O–H groups in total. The van der Waals surface area contributed by atoms with Gasteiger partial charge in [-0.3, -0.25) is 4.99 Å². The quantitative estimate of drug-likeness (QED) is 0.229. The molecule has 0 radical (unpaired) electrons. The number of aliphatic imine (C=N–C) groups is 1. The second-order valence-electron chi connectivity index (χ2n) is 7.60. The minimum Gasteiger partial charge on any atom is -0.379 e. The van der Waals surface area contributed by atoms with Gasteiger partial charge in [-0.05, 0) is 38.0 Å². The largest absolute Gasteiger partial charge is 0.379 e. The topological polar surface area (TPSA) is 58.1 Å². The van der Waals surface area contributed by atoms with Crippen LogP contribution in [0.2, 0.25) is 0 Å². The van der Waals surface area contributed by atoms with Crippen LogP contribution in [-0.2, 0) is 9.47 Å². The smallest absolute Gasteiger partial charge is 0.191 e. The fourth-order valence-electron chi connectivity index (χ4n) is 3.80. The average molecular weight is 482 g/mol. The Morgan fingerprint density at radius 1 is 1.23 bits per heavy atom. The lowest BCUT2D eigenvalue weighted by atomic mass is 9.92. The van der Waals surface area contributed by atoms with Crippen molar-refractivity contribution in [1.82, 2.24) is 15.5 Å². The summed E-state index contributed by atoms with van der Waals surface area (Å²) >= 11 is 0. The summed E-state index contributed by atoms with van der Waals surface area (Å²) < 4.78 is 11.1. The minimum atomic E-state index is 0. The van der Waals surface area contributed by atoms with Crippen LogP contribution in [-0.4, -0.2) is 76.1 Å². The van der Waals surface area contributed by atoms with E-state index in [0.717, 1.165) is 76.6 Å². The number of nitrogens with one attached hydrogen (secondary N) is 2. The normalized spacial score (nSPS) is 27.2. The summed E-state index contributed by atoms with van der Waals surface area (Å²) in [6.45, 7) is 15.3. The Bertz CT molecular complexity index is 382. The molecule has 0 aromatic heterocycles. The average Bonchev–Trinajstić information content (AvgIpc) is 3.07. The van der Waals surface area contributed by atoms with E-state index in [9.17, 15) is 0 Å². The lowest BCUT2D eigenvalue weighted by Gasteiger charge is -2.35. The number of ether oxygens (including phenoxy) is 2. The first-order valence-corrected chi connectivity index (χ1v) is 10.1. The summed E-state index contributed by atoms with van der Waals surface area (Å²) in [4.78, 5) is 7.23. The van der Waals surface area contributed by atoms with Gasteiger partial charge in [0, 0.05) is 52.5 Å². The summed E-state index contributed by atoms with van der Waals surface area (Å²) in [5.74, 6) is 2.55. The number of piperidine rings is 1. The molecule has 26 heavy (non-hydrogen) atoms. The summed E-state index contributed by atoms with van der Waals surface area (Å²) in [6.07, 6.45) is 3.64. The summed E-state index contributed by atoms with van der Waals surface area (Å²) in [6, 6.07) is 0. The van der Waals surface area contributed by atoms with E-state index >= 15 is 0 Å². The van der Waals surface area contributed by atoms with E-state index in [1.807, 2.05) is 0 Å². The van der Waals surface area contributed by atoms with Crippen LogP contribution >= 0.6 is 24.0 Å². The summed E-state index contributed by atoms with van der Waals surface area (Å²) in [7, 11) is 0. The van der Waals surface area contributed by atoms with Crippen LogP contribution in [0, 0.1) is 11.8 Å². The van der Waals surface area contributed by atoms with Crippen LogP contribution in [0.3, 0.4) is 0 Å². The lowest BCUT2D eigenvalue weighted by molar-refractivity contribution is 0.0424. The minimum absolute atomic E-state index is 0. The van der Waals surface area contributed by atoms with Crippen LogP contribution in [0.5, 0.6) is 0 Å². The van der Waals surface area contributed by atoms with Crippen LogP contribution < -0.4 is 10.6 Å². The molecule has 7 heteroatoms. The molecule has 2 aliphatic heterocycles. The van der Waals surface area contributed by atoms with E-state index < -0.39 is 0 Å². The van der Waals surface area contributed by atoms with Crippen LogP contribution in [0.25, 0.3) is 0 Å². The van der Waals surface area contributed by atoms with Gasteiger partial charge in [-0.15, -0.1) is 24.0 Å². The van der Waals surface area contributed by atoms with Crippen molar-refractivity contribution in [2.75, 3.05) is 59.1 Å². The Morgan fingerprint density at radius 3 is 2.65 bits per heavy atom. The zero-order valence-corrected chi connectivity index (χ0v) is 19.2. The molecule has 0 amide bonds. The second-order valence-corrected chi connectivity index (χ2v) is 7.60. The molecule has 3 unspecified atom stereocenters. The van der Waals surface area contributed by atoms with Gasteiger partial charge in [-0.2, -0.15) is 0 Å². The number of likely N-dealkylation sites (tertiary alicyclic amines) is 1. The lowest BCUT2D eigenvalue weighted by Crippen LogP contribution is -2.45. The van der Waals surface area contributed by atoms with Crippen molar-refractivity contribution in [2.24, 2.45) is 16.8 Å². The Morgan fingerprint density at radius 2 is 2.00 bits per heavy atom. The first kappa shape index (κ1) is 23.9. The predicted molar refractivity (Wildman–Crippen MR) is 119 cm³/mol. The Labute approximate surface area is 176 Å². The highest BCUT2D eigenvalue weighted by atomic mass is 127. The van der Waals surface area contributed by atoms with Crippen LogP contribution in [0.4, 0.5) is 0 Å². The molecule has 0 aliphatic carbocycles. The van der Waals surface area contributed by atoms with E-state index in [2.05, 4.69) is 41.3 Å². The third-order valence-electron chi connectivity index (χ3n) is 4.82. The van der Waals surface area contributed by atoms with Crippen molar-refractivity contribution in [3.05, 3.63) is 0 Å². The van der Waals surface area contributed by atoms with E-state index in [-0.39, 0.29) is 24.0 Å². The summed E-state index contributed by atoms with van der Waals surface area (Å²) in [5.41, 5.74) is 0. The number of hydrogen-bond acceptors (Lipinski definition) is 4. The zero-order chi connectivity index (χ0) is 17.9. The van der Waals surface area contributed by atoms with Gasteiger partial charge in [0.2, 0.25) is 0 Å². The van der Waals surface area contributed by atoms with Gasteiger partial charge in [0.1, 0.15) is 0 Å². The van der Waals surface area contributed by atoms with Gasteiger partial charge in [0.25, 0.3) is 0 Å². The first-order valence-electron chi connectivity index (χ1n) is 10.1. The molecular formula is C19H39IN4O2. The maximum atomic E-state index is 5.78. The van der Waals surface area contributed by atoms with Crippen molar-refractivity contribution in [3.63, 3.8) is 0 Å². The third kappa shape index (κ3) is 9.71. The van der Waals surface area contributed by atoms with Gasteiger partial charge >= 0.3 is 0 Å². The molecule has 2 saturated heterocycles. The number of rotatable bonds is 9. The Balaban J connectivity index is 0.00000338. The molecule has 0 bridgehead atoms. The van der Waals surface area contributed by atoms with E-state index in [0.29, 0.717) is 6.10 Å². The first-order chi connectivity index (χ1) is 12.2. The number of nitrogens with zero attached hydrogens (tertiary/aromatic N) is 2. The van der Waals surface area contributed by atoms with Gasteiger partial charge in [0.05, 0.1) is 12.7 Å².